The fourth-order valence-corrected chi connectivity index (χ4v) is 2.36. The molecule has 1 aromatic carbocycles. The van der Waals surface area contributed by atoms with E-state index < -0.39 is 4.92 Å². The molecule has 1 heterocycles. The van der Waals surface area contributed by atoms with E-state index in [1.807, 2.05) is 0 Å². The fraction of sp³-hybridized carbons (Fsp3) is 0.500. The standard InChI is InChI=1S/C14H19N3O3/c1-15(12-5-7-13(8-6-12)17(19)20)14(18)11-16-9-3-2-4-10-16/h5-8H,2-4,9-11H2,1H3. The van der Waals surface area contributed by atoms with Crippen LogP contribution in [0.15, 0.2) is 24.3 Å². The number of piperidine rings is 1. The van der Waals surface area contributed by atoms with Crippen molar-refractivity contribution in [3.63, 3.8) is 0 Å². The van der Waals surface area contributed by atoms with Crippen molar-refractivity contribution in [2.75, 3.05) is 31.6 Å². The van der Waals surface area contributed by atoms with Gasteiger partial charge in [0.1, 0.15) is 0 Å². The quantitative estimate of drug-likeness (QED) is 0.624. The minimum Gasteiger partial charge on any atom is -0.314 e. The molecule has 0 aliphatic carbocycles. The third-order valence-electron chi connectivity index (χ3n) is 3.63. The molecule has 2 rings (SSSR count). The molecule has 6 nitrogen and oxygen atoms in total. The van der Waals surface area contributed by atoms with Gasteiger partial charge in [-0.1, -0.05) is 6.42 Å². The summed E-state index contributed by atoms with van der Waals surface area (Å²) in [5.41, 5.74) is 0.711. The third kappa shape index (κ3) is 3.54. The molecule has 1 aromatic rings. The SMILES string of the molecule is CN(C(=O)CN1CCCCC1)c1ccc([N+](=O)[O-])cc1. The van der Waals surface area contributed by atoms with Crippen LogP contribution in [-0.4, -0.2) is 42.4 Å². The predicted molar refractivity (Wildman–Crippen MR) is 76.8 cm³/mol. The van der Waals surface area contributed by atoms with Crippen LogP contribution in [-0.2, 0) is 4.79 Å². The first-order chi connectivity index (χ1) is 9.58. The number of hydrogen-bond acceptors (Lipinski definition) is 4. The summed E-state index contributed by atoms with van der Waals surface area (Å²) < 4.78 is 0. The summed E-state index contributed by atoms with van der Waals surface area (Å²) in [4.78, 5) is 26.0. The van der Waals surface area contributed by atoms with Crippen LogP contribution in [0.3, 0.4) is 0 Å². The number of nitro benzene ring substituents is 1. The van der Waals surface area contributed by atoms with Crippen LogP contribution < -0.4 is 4.90 Å². The van der Waals surface area contributed by atoms with Crippen molar-refractivity contribution in [3.05, 3.63) is 34.4 Å². The van der Waals surface area contributed by atoms with Gasteiger partial charge in [0.2, 0.25) is 5.91 Å². The number of likely N-dealkylation sites (N-methyl/N-ethyl adjacent to an activating group) is 1. The lowest BCUT2D eigenvalue weighted by molar-refractivity contribution is -0.384. The molecule has 1 aliphatic rings. The van der Waals surface area contributed by atoms with Crippen LogP contribution in [0.1, 0.15) is 19.3 Å². The van der Waals surface area contributed by atoms with Crippen molar-refractivity contribution < 1.29 is 9.72 Å². The monoisotopic (exact) mass is 277 g/mol. The number of carbonyl (C=O) groups excluding carboxylic acids is 1. The second-order valence-electron chi connectivity index (χ2n) is 5.06. The van der Waals surface area contributed by atoms with Crippen LogP contribution in [0.2, 0.25) is 0 Å². The zero-order valence-corrected chi connectivity index (χ0v) is 11.6. The lowest BCUT2D eigenvalue weighted by Crippen LogP contribution is -2.40. The zero-order valence-electron chi connectivity index (χ0n) is 11.6. The van der Waals surface area contributed by atoms with Gasteiger partial charge >= 0.3 is 0 Å². The highest BCUT2D eigenvalue weighted by Crippen LogP contribution is 2.19. The van der Waals surface area contributed by atoms with E-state index in [0.717, 1.165) is 25.9 Å². The van der Waals surface area contributed by atoms with Crippen LogP contribution in [0.25, 0.3) is 0 Å². The molecule has 0 radical (unpaired) electrons. The average Bonchev–Trinajstić information content (AvgIpc) is 2.47. The Bertz CT molecular complexity index is 481. The Labute approximate surface area is 118 Å². The molecular formula is C14H19N3O3. The second-order valence-corrected chi connectivity index (χ2v) is 5.06. The molecule has 6 heteroatoms. The van der Waals surface area contributed by atoms with Gasteiger partial charge in [-0.2, -0.15) is 0 Å². The van der Waals surface area contributed by atoms with Crippen molar-refractivity contribution in [1.29, 1.82) is 0 Å². The van der Waals surface area contributed by atoms with E-state index in [2.05, 4.69) is 4.90 Å². The van der Waals surface area contributed by atoms with Gasteiger partial charge in [-0.05, 0) is 38.1 Å². The Kier molecular flexibility index (Phi) is 4.68. The Balaban J connectivity index is 1.96. The molecule has 1 amide bonds. The molecule has 0 aromatic heterocycles. The molecule has 1 aliphatic heterocycles. The molecule has 0 spiro atoms. The summed E-state index contributed by atoms with van der Waals surface area (Å²) in [5, 5.41) is 10.6. The van der Waals surface area contributed by atoms with Gasteiger partial charge in [0.05, 0.1) is 11.5 Å². The molecule has 0 unspecified atom stereocenters. The first-order valence-corrected chi connectivity index (χ1v) is 6.81. The number of nitrogens with zero attached hydrogens (tertiary/aromatic N) is 3. The minimum absolute atomic E-state index is 0.0146. The van der Waals surface area contributed by atoms with Gasteiger partial charge in [-0.15, -0.1) is 0 Å². The van der Waals surface area contributed by atoms with E-state index in [4.69, 9.17) is 0 Å². The average molecular weight is 277 g/mol. The highest BCUT2D eigenvalue weighted by Gasteiger charge is 2.18. The number of likely N-dealkylation sites (tertiary alicyclic amines) is 1. The van der Waals surface area contributed by atoms with Crippen LogP contribution >= 0.6 is 0 Å². The van der Waals surface area contributed by atoms with Crippen molar-refractivity contribution in [1.82, 2.24) is 4.90 Å². The van der Waals surface area contributed by atoms with E-state index in [1.165, 1.54) is 18.6 Å². The number of amides is 1. The molecule has 0 bridgehead atoms. The molecule has 0 saturated carbocycles. The van der Waals surface area contributed by atoms with Gasteiger partial charge < -0.3 is 4.90 Å². The minimum atomic E-state index is -0.445. The lowest BCUT2D eigenvalue weighted by atomic mass is 10.1. The summed E-state index contributed by atoms with van der Waals surface area (Å²) >= 11 is 0. The highest BCUT2D eigenvalue weighted by atomic mass is 16.6. The number of hydrogen-bond donors (Lipinski definition) is 0. The molecule has 0 N–H and O–H groups in total. The van der Waals surface area contributed by atoms with Crippen LogP contribution in [0.5, 0.6) is 0 Å². The number of rotatable bonds is 4. The molecular weight excluding hydrogens is 258 g/mol. The van der Waals surface area contributed by atoms with Crippen molar-refractivity contribution in [2.24, 2.45) is 0 Å². The number of anilines is 1. The van der Waals surface area contributed by atoms with Gasteiger partial charge in [0.25, 0.3) is 5.69 Å². The highest BCUT2D eigenvalue weighted by molar-refractivity contribution is 5.94. The second kappa shape index (κ2) is 6.47. The van der Waals surface area contributed by atoms with Crippen molar-refractivity contribution in [2.45, 2.75) is 19.3 Å². The van der Waals surface area contributed by atoms with Gasteiger partial charge in [0, 0.05) is 24.9 Å². The maximum absolute atomic E-state index is 12.2. The number of non-ortho nitro benzene ring substituents is 1. The van der Waals surface area contributed by atoms with Gasteiger partial charge in [-0.3, -0.25) is 19.8 Å². The number of benzene rings is 1. The maximum Gasteiger partial charge on any atom is 0.269 e. The summed E-state index contributed by atoms with van der Waals surface area (Å²) in [6, 6.07) is 6.04. The summed E-state index contributed by atoms with van der Waals surface area (Å²) in [5.74, 6) is 0.0146. The van der Waals surface area contributed by atoms with Crippen molar-refractivity contribution >= 4 is 17.3 Å². The largest absolute Gasteiger partial charge is 0.314 e. The van der Waals surface area contributed by atoms with E-state index in [-0.39, 0.29) is 11.6 Å². The van der Waals surface area contributed by atoms with Gasteiger partial charge in [-0.25, -0.2) is 0 Å². The molecule has 108 valence electrons. The maximum atomic E-state index is 12.2. The van der Waals surface area contributed by atoms with E-state index >= 15 is 0 Å². The van der Waals surface area contributed by atoms with Gasteiger partial charge in [0.15, 0.2) is 0 Å². The molecule has 1 saturated heterocycles. The Morgan fingerprint density at radius 2 is 1.85 bits per heavy atom. The molecule has 0 atom stereocenters. The Morgan fingerprint density at radius 1 is 1.25 bits per heavy atom. The fourth-order valence-electron chi connectivity index (χ4n) is 2.36. The summed E-state index contributed by atoms with van der Waals surface area (Å²) in [6.07, 6.45) is 3.53. The summed E-state index contributed by atoms with van der Waals surface area (Å²) in [6.45, 7) is 2.35. The normalized spacial score (nSPS) is 15.8. The van der Waals surface area contributed by atoms with E-state index in [0.29, 0.717) is 12.2 Å². The van der Waals surface area contributed by atoms with Crippen LogP contribution in [0, 0.1) is 10.1 Å². The van der Waals surface area contributed by atoms with Crippen LogP contribution in [0.4, 0.5) is 11.4 Å². The molecule has 20 heavy (non-hydrogen) atoms. The smallest absolute Gasteiger partial charge is 0.269 e. The Morgan fingerprint density at radius 3 is 2.40 bits per heavy atom. The first-order valence-electron chi connectivity index (χ1n) is 6.81. The van der Waals surface area contributed by atoms with Crippen molar-refractivity contribution in [3.8, 4) is 0 Å². The Hall–Kier alpha value is -1.95. The molecule has 1 fully saturated rings. The predicted octanol–water partition coefficient (Wildman–Crippen LogP) is 2.04. The summed E-state index contributed by atoms with van der Waals surface area (Å²) in [7, 11) is 1.70. The lowest BCUT2D eigenvalue weighted by Gasteiger charge is -2.28. The topological polar surface area (TPSA) is 66.7 Å². The zero-order chi connectivity index (χ0) is 14.5. The first kappa shape index (κ1) is 14.5. The number of nitro groups is 1. The van der Waals surface area contributed by atoms with E-state index in [9.17, 15) is 14.9 Å². The van der Waals surface area contributed by atoms with E-state index in [1.54, 1.807) is 24.1 Å². The third-order valence-corrected chi connectivity index (χ3v) is 3.63. The number of carbonyl (C=O) groups is 1.